The lowest BCUT2D eigenvalue weighted by Crippen LogP contribution is -2.17. The molecule has 0 aliphatic carbocycles. The second kappa shape index (κ2) is 8.68. The molecule has 0 atom stereocenters. The van der Waals surface area contributed by atoms with Gasteiger partial charge in [-0.1, -0.05) is 48.5 Å². The van der Waals surface area contributed by atoms with Gasteiger partial charge >= 0.3 is 0 Å². The number of anilines is 3. The zero-order valence-electron chi connectivity index (χ0n) is 15.2. The summed E-state index contributed by atoms with van der Waals surface area (Å²) in [5, 5.41) is 0. The molecule has 0 saturated carbocycles. The van der Waals surface area contributed by atoms with E-state index in [-0.39, 0.29) is 5.75 Å². The molecule has 3 aromatic rings. The molecular weight excluding hydrogens is 358 g/mol. The Kier molecular flexibility index (Phi) is 6.08. The number of aromatic nitrogens is 1. The maximum absolute atomic E-state index is 12.3. The van der Waals surface area contributed by atoms with Gasteiger partial charge in [-0.3, -0.25) is 4.72 Å². The van der Waals surface area contributed by atoms with E-state index in [1.807, 2.05) is 72.6 Å². The van der Waals surface area contributed by atoms with Crippen molar-refractivity contribution in [3.8, 4) is 0 Å². The van der Waals surface area contributed by atoms with Crippen LogP contribution >= 0.6 is 0 Å². The zero-order chi connectivity index (χ0) is 19.1. The van der Waals surface area contributed by atoms with Crippen LogP contribution in [0, 0.1) is 0 Å². The van der Waals surface area contributed by atoms with Crippen molar-refractivity contribution in [3.63, 3.8) is 0 Å². The summed E-state index contributed by atoms with van der Waals surface area (Å²) >= 11 is 0. The number of rotatable bonds is 8. The Balaban J connectivity index is 1.57. The van der Waals surface area contributed by atoms with Crippen LogP contribution in [-0.2, 0) is 16.4 Å². The fourth-order valence-electron chi connectivity index (χ4n) is 2.77. The first-order valence-electron chi connectivity index (χ1n) is 8.83. The van der Waals surface area contributed by atoms with Gasteiger partial charge < -0.3 is 4.90 Å². The van der Waals surface area contributed by atoms with E-state index in [9.17, 15) is 8.42 Å². The number of para-hydroxylation sites is 1. The molecule has 0 aliphatic rings. The lowest BCUT2D eigenvalue weighted by Gasteiger charge is -2.18. The lowest BCUT2D eigenvalue weighted by molar-refractivity contribution is 0.598. The van der Waals surface area contributed by atoms with E-state index in [0.29, 0.717) is 12.1 Å². The number of hydrogen-bond donors (Lipinski definition) is 1. The van der Waals surface area contributed by atoms with Crippen molar-refractivity contribution in [2.45, 2.75) is 12.8 Å². The first kappa shape index (κ1) is 18.9. The molecule has 0 radical (unpaired) electrons. The number of pyridine rings is 1. The molecule has 0 amide bonds. The molecular formula is C21H23N3O2S. The molecule has 0 fully saturated rings. The van der Waals surface area contributed by atoms with Gasteiger partial charge in [-0.25, -0.2) is 13.4 Å². The van der Waals surface area contributed by atoms with Crippen LogP contribution in [0.4, 0.5) is 17.2 Å². The van der Waals surface area contributed by atoms with Crippen LogP contribution in [0.5, 0.6) is 0 Å². The van der Waals surface area contributed by atoms with Crippen molar-refractivity contribution in [1.82, 2.24) is 4.98 Å². The van der Waals surface area contributed by atoms with Crippen molar-refractivity contribution < 1.29 is 8.42 Å². The van der Waals surface area contributed by atoms with Gasteiger partial charge in [0, 0.05) is 12.7 Å². The Morgan fingerprint density at radius 2 is 1.59 bits per heavy atom. The minimum Gasteiger partial charge on any atom is -0.329 e. The Hall–Kier alpha value is -2.86. The van der Waals surface area contributed by atoms with Crippen LogP contribution < -0.4 is 9.62 Å². The lowest BCUT2D eigenvalue weighted by atomic mass is 10.1. The molecule has 2 aromatic carbocycles. The topological polar surface area (TPSA) is 62.3 Å². The first-order valence-corrected chi connectivity index (χ1v) is 10.5. The Morgan fingerprint density at radius 1 is 0.926 bits per heavy atom. The summed E-state index contributed by atoms with van der Waals surface area (Å²) in [4.78, 5) is 6.31. The number of hydrogen-bond acceptors (Lipinski definition) is 4. The predicted octanol–water partition coefficient (Wildman–Crippen LogP) is 4.22. The molecule has 27 heavy (non-hydrogen) atoms. The van der Waals surface area contributed by atoms with E-state index in [1.54, 1.807) is 18.3 Å². The van der Waals surface area contributed by atoms with E-state index in [1.165, 1.54) is 0 Å². The third-order valence-electron chi connectivity index (χ3n) is 4.23. The van der Waals surface area contributed by atoms with Crippen molar-refractivity contribution in [2.24, 2.45) is 0 Å². The summed E-state index contributed by atoms with van der Waals surface area (Å²) in [5.74, 6) is 0.821. The van der Waals surface area contributed by atoms with Crippen LogP contribution in [0.2, 0.25) is 0 Å². The molecule has 3 rings (SSSR count). The first-order chi connectivity index (χ1) is 13.0. The summed E-state index contributed by atoms with van der Waals surface area (Å²) in [6.45, 7) is 0. The largest absolute Gasteiger partial charge is 0.329 e. The normalized spacial score (nSPS) is 11.1. The number of aryl methyl sites for hydroxylation is 1. The second-order valence-electron chi connectivity index (χ2n) is 6.31. The highest BCUT2D eigenvalue weighted by Gasteiger charge is 2.11. The average Bonchev–Trinajstić information content (AvgIpc) is 2.69. The molecule has 140 valence electrons. The van der Waals surface area contributed by atoms with Gasteiger partial charge in [0.15, 0.2) is 0 Å². The van der Waals surface area contributed by atoms with Crippen molar-refractivity contribution >= 4 is 27.2 Å². The van der Waals surface area contributed by atoms with E-state index in [2.05, 4.69) is 9.71 Å². The highest BCUT2D eigenvalue weighted by molar-refractivity contribution is 7.92. The van der Waals surface area contributed by atoms with Gasteiger partial charge in [0.1, 0.15) is 5.82 Å². The molecule has 5 nitrogen and oxygen atoms in total. The van der Waals surface area contributed by atoms with E-state index in [4.69, 9.17) is 0 Å². The number of nitrogens with zero attached hydrogens (tertiary/aromatic N) is 2. The SMILES string of the molecule is CN(c1ccccc1)c1ccc(NS(=O)(=O)CCCc2ccccc2)cn1. The minimum atomic E-state index is -3.39. The molecule has 6 heteroatoms. The van der Waals surface area contributed by atoms with Crippen LogP contribution in [0.15, 0.2) is 79.0 Å². The Bertz CT molecular complexity index is 944. The number of sulfonamides is 1. The average molecular weight is 382 g/mol. The van der Waals surface area contributed by atoms with Gasteiger partial charge in [0.2, 0.25) is 10.0 Å². The third kappa shape index (κ3) is 5.56. The van der Waals surface area contributed by atoms with E-state index >= 15 is 0 Å². The fraction of sp³-hybridized carbons (Fsp3) is 0.190. The van der Waals surface area contributed by atoms with Gasteiger partial charge in [0.05, 0.1) is 17.6 Å². The number of nitrogens with one attached hydrogen (secondary N) is 1. The quantitative estimate of drug-likeness (QED) is 0.634. The second-order valence-corrected chi connectivity index (χ2v) is 8.15. The van der Waals surface area contributed by atoms with Crippen LogP contribution in [0.3, 0.4) is 0 Å². The Morgan fingerprint density at radius 3 is 2.22 bits per heavy atom. The molecule has 1 heterocycles. The van der Waals surface area contributed by atoms with Crippen molar-refractivity contribution in [1.29, 1.82) is 0 Å². The smallest absolute Gasteiger partial charge is 0.232 e. The van der Waals surface area contributed by atoms with Crippen LogP contribution in [-0.4, -0.2) is 26.2 Å². The maximum atomic E-state index is 12.3. The van der Waals surface area contributed by atoms with E-state index < -0.39 is 10.0 Å². The van der Waals surface area contributed by atoms with Crippen LogP contribution in [0.1, 0.15) is 12.0 Å². The van der Waals surface area contributed by atoms with E-state index in [0.717, 1.165) is 23.5 Å². The maximum Gasteiger partial charge on any atom is 0.232 e. The molecule has 1 N–H and O–H groups in total. The summed E-state index contributed by atoms with van der Waals surface area (Å²) in [7, 11) is -1.47. The molecule has 0 spiro atoms. The molecule has 0 unspecified atom stereocenters. The monoisotopic (exact) mass is 381 g/mol. The molecule has 0 saturated heterocycles. The Labute approximate surface area is 160 Å². The number of benzene rings is 2. The van der Waals surface area contributed by atoms with Gasteiger partial charge in [-0.15, -0.1) is 0 Å². The third-order valence-corrected chi connectivity index (χ3v) is 5.60. The highest BCUT2D eigenvalue weighted by Crippen LogP contribution is 2.22. The van der Waals surface area contributed by atoms with Gasteiger partial charge in [-0.05, 0) is 42.7 Å². The summed E-state index contributed by atoms with van der Waals surface area (Å²) in [5.41, 5.74) is 2.63. The molecule has 1 aromatic heterocycles. The standard InChI is InChI=1S/C21H23N3O2S/c1-24(20-12-6-3-7-13-20)21-15-14-19(17-22-21)23-27(25,26)16-8-11-18-9-4-2-5-10-18/h2-7,9-10,12-15,17,23H,8,11,16H2,1H3. The van der Waals surface area contributed by atoms with Crippen molar-refractivity contribution in [2.75, 3.05) is 22.4 Å². The summed E-state index contributed by atoms with van der Waals surface area (Å²) in [6.07, 6.45) is 2.85. The molecule has 0 aliphatic heterocycles. The molecule has 0 bridgehead atoms. The summed E-state index contributed by atoms with van der Waals surface area (Å²) < 4.78 is 27.2. The minimum absolute atomic E-state index is 0.0769. The summed E-state index contributed by atoms with van der Waals surface area (Å²) in [6, 6.07) is 23.3. The predicted molar refractivity (Wildman–Crippen MR) is 111 cm³/mol. The zero-order valence-corrected chi connectivity index (χ0v) is 16.1. The van der Waals surface area contributed by atoms with Gasteiger partial charge in [0.25, 0.3) is 0 Å². The highest BCUT2D eigenvalue weighted by atomic mass is 32.2. The van der Waals surface area contributed by atoms with Crippen molar-refractivity contribution in [3.05, 3.63) is 84.6 Å². The van der Waals surface area contributed by atoms with Gasteiger partial charge in [-0.2, -0.15) is 0 Å². The van der Waals surface area contributed by atoms with Crippen LogP contribution in [0.25, 0.3) is 0 Å². The fourth-order valence-corrected chi connectivity index (χ4v) is 3.88.